The van der Waals surface area contributed by atoms with Gasteiger partial charge >= 0.3 is 0 Å². The Labute approximate surface area is 121 Å². The Morgan fingerprint density at radius 3 is 2.68 bits per heavy atom. The molecule has 2 rings (SSSR count). The van der Waals surface area contributed by atoms with Gasteiger partial charge in [0, 0.05) is 6.54 Å². The van der Waals surface area contributed by atoms with E-state index in [-0.39, 0.29) is 0 Å². The maximum atomic E-state index is 5.80. The Balaban J connectivity index is 1.97. The van der Waals surface area contributed by atoms with E-state index in [1.807, 2.05) is 0 Å². The molecule has 0 aliphatic carbocycles. The van der Waals surface area contributed by atoms with Gasteiger partial charge in [-0.3, -0.25) is 0 Å². The van der Waals surface area contributed by atoms with Crippen LogP contribution in [0.3, 0.4) is 0 Å². The van der Waals surface area contributed by atoms with Crippen molar-refractivity contribution in [2.24, 2.45) is 0 Å². The SMILES string of the molecule is CCCCCCCCn1c(Br)nc2c(N)ncnc21. The molecule has 0 spiro atoms. The molecule has 2 heterocycles. The summed E-state index contributed by atoms with van der Waals surface area (Å²) in [6, 6.07) is 0. The van der Waals surface area contributed by atoms with Gasteiger partial charge in [-0.05, 0) is 22.4 Å². The highest BCUT2D eigenvalue weighted by Gasteiger charge is 2.12. The number of halogens is 1. The Morgan fingerprint density at radius 1 is 1.16 bits per heavy atom. The van der Waals surface area contributed by atoms with Crippen molar-refractivity contribution in [3.63, 3.8) is 0 Å². The first-order valence-corrected chi connectivity index (χ1v) is 7.65. The number of unbranched alkanes of at least 4 members (excludes halogenated alkanes) is 5. The second-order valence-corrected chi connectivity index (χ2v) is 5.44. The van der Waals surface area contributed by atoms with E-state index in [2.05, 4.69) is 42.4 Å². The highest BCUT2D eigenvalue weighted by molar-refractivity contribution is 9.10. The summed E-state index contributed by atoms with van der Waals surface area (Å²) in [6.45, 7) is 3.15. The summed E-state index contributed by atoms with van der Waals surface area (Å²) in [5.74, 6) is 0.437. The van der Waals surface area contributed by atoms with Crippen molar-refractivity contribution in [1.82, 2.24) is 19.5 Å². The van der Waals surface area contributed by atoms with Crippen molar-refractivity contribution in [1.29, 1.82) is 0 Å². The zero-order valence-corrected chi connectivity index (χ0v) is 12.9. The molecule has 2 aromatic rings. The van der Waals surface area contributed by atoms with Crippen LogP contribution in [0, 0.1) is 0 Å². The van der Waals surface area contributed by atoms with Crippen LogP contribution in [-0.4, -0.2) is 19.5 Å². The summed E-state index contributed by atoms with van der Waals surface area (Å²) in [5, 5.41) is 0. The van der Waals surface area contributed by atoms with Crippen molar-refractivity contribution in [3.05, 3.63) is 11.1 Å². The predicted molar refractivity (Wildman–Crippen MR) is 80.8 cm³/mol. The zero-order valence-electron chi connectivity index (χ0n) is 11.3. The molecule has 0 radical (unpaired) electrons. The second-order valence-electron chi connectivity index (χ2n) is 4.73. The van der Waals surface area contributed by atoms with Crippen LogP contribution in [-0.2, 0) is 6.54 Å². The van der Waals surface area contributed by atoms with Crippen LogP contribution in [0.4, 0.5) is 5.82 Å². The van der Waals surface area contributed by atoms with E-state index < -0.39 is 0 Å². The van der Waals surface area contributed by atoms with E-state index in [1.165, 1.54) is 38.4 Å². The fraction of sp³-hybridized carbons (Fsp3) is 0.615. The average Bonchev–Trinajstić information content (AvgIpc) is 2.72. The summed E-state index contributed by atoms with van der Waals surface area (Å²) in [5.41, 5.74) is 7.29. The average molecular weight is 326 g/mol. The van der Waals surface area contributed by atoms with E-state index >= 15 is 0 Å². The molecule has 6 heteroatoms. The number of hydrogen-bond donors (Lipinski definition) is 1. The first-order chi connectivity index (χ1) is 9.24. The number of fused-ring (bicyclic) bond motifs is 1. The monoisotopic (exact) mass is 325 g/mol. The van der Waals surface area contributed by atoms with E-state index in [9.17, 15) is 0 Å². The standard InChI is InChI=1S/C13H20BrN5/c1-2-3-4-5-6-7-8-19-12-10(18-13(19)14)11(15)16-9-17-12/h9H,2-8H2,1H3,(H2,15,16,17). The van der Waals surface area contributed by atoms with Gasteiger partial charge < -0.3 is 10.3 Å². The molecule has 0 aliphatic heterocycles. The van der Waals surface area contributed by atoms with Crippen LogP contribution >= 0.6 is 15.9 Å². The summed E-state index contributed by atoms with van der Waals surface area (Å²) < 4.78 is 2.84. The third kappa shape index (κ3) is 3.43. The van der Waals surface area contributed by atoms with Gasteiger partial charge in [0.05, 0.1) is 0 Å². The number of rotatable bonds is 7. The number of hydrogen-bond acceptors (Lipinski definition) is 4. The molecule has 0 unspecified atom stereocenters. The molecule has 2 aromatic heterocycles. The van der Waals surface area contributed by atoms with Gasteiger partial charge in [0.25, 0.3) is 0 Å². The maximum absolute atomic E-state index is 5.80. The number of nitrogens with zero attached hydrogens (tertiary/aromatic N) is 4. The number of nitrogen functional groups attached to an aromatic ring is 1. The van der Waals surface area contributed by atoms with Crippen LogP contribution < -0.4 is 5.73 Å². The molecule has 0 fully saturated rings. The first kappa shape index (κ1) is 14.2. The quantitative estimate of drug-likeness (QED) is 0.624. The van der Waals surface area contributed by atoms with Gasteiger partial charge in [-0.1, -0.05) is 39.0 Å². The minimum atomic E-state index is 0.437. The molecule has 19 heavy (non-hydrogen) atoms. The van der Waals surface area contributed by atoms with E-state index in [0.717, 1.165) is 23.3 Å². The molecular formula is C13H20BrN5. The molecule has 2 N–H and O–H groups in total. The number of aryl methyl sites for hydroxylation is 1. The zero-order chi connectivity index (χ0) is 13.7. The van der Waals surface area contributed by atoms with Gasteiger partial charge in [-0.15, -0.1) is 0 Å². The van der Waals surface area contributed by atoms with Crippen LogP contribution in [0.15, 0.2) is 11.1 Å². The smallest absolute Gasteiger partial charge is 0.179 e. The third-order valence-corrected chi connectivity index (χ3v) is 3.85. The van der Waals surface area contributed by atoms with Crippen molar-refractivity contribution >= 4 is 32.9 Å². The Hall–Kier alpha value is -1.17. The van der Waals surface area contributed by atoms with Gasteiger partial charge in [0.15, 0.2) is 21.7 Å². The van der Waals surface area contributed by atoms with Gasteiger partial charge in [-0.25, -0.2) is 15.0 Å². The lowest BCUT2D eigenvalue weighted by molar-refractivity contribution is 0.558. The fourth-order valence-electron chi connectivity index (χ4n) is 2.18. The largest absolute Gasteiger partial charge is 0.382 e. The fourth-order valence-corrected chi connectivity index (χ4v) is 2.70. The lowest BCUT2D eigenvalue weighted by Crippen LogP contribution is -2.00. The molecule has 0 bridgehead atoms. The number of nitrogens with two attached hydrogens (primary N) is 1. The van der Waals surface area contributed by atoms with Crippen LogP contribution in [0.2, 0.25) is 0 Å². The Kier molecular flexibility index (Phi) is 5.13. The Bertz CT molecular complexity index is 537. The normalized spacial score (nSPS) is 11.3. The number of imidazole rings is 1. The van der Waals surface area contributed by atoms with Gasteiger partial charge in [0.1, 0.15) is 6.33 Å². The van der Waals surface area contributed by atoms with Gasteiger partial charge in [0.2, 0.25) is 0 Å². The van der Waals surface area contributed by atoms with Crippen molar-refractivity contribution in [3.8, 4) is 0 Å². The molecule has 0 aromatic carbocycles. The summed E-state index contributed by atoms with van der Waals surface area (Å²) in [7, 11) is 0. The molecule has 0 saturated heterocycles. The highest BCUT2D eigenvalue weighted by Crippen LogP contribution is 2.22. The molecule has 5 nitrogen and oxygen atoms in total. The second kappa shape index (κ2) is 6.84. The lowest BCUT2D eigenvalue weighted by atomic mass is 10.1. The van der Waals surface area contributed by atoms with E-state index in [4.69, 9.17) is 5.73 Å². The molecule has 0 saturated carbocycles. The maximum Gasteiger partial charge on any atom is 0.179 e. The van der Waals surface area contributed by atoms with Crippen LogP contribution in [0.1, 0.15) is 45.4 Å². The predicted octanol–water partition coefficient (Wildman–Crippen LogP) is 3.53. The minimum Gasteiger partial charge on any atom is -0.382 e. The van der Waals surface area contributed by atoms with Gasteiger partial charge in [-0.2, -0.15) is 0 Å². The van der Waals surface area contributed by atoms with Crippen molar-refractivity contribution in [2.75, 3.05) is 5.73 Å². The minimum absolute atomic E-state index is 0.437. The lowest BCUT2D eigenvalue weighted by Gasteiger charge is -2.05. The third-order valence-electron chi connectivity index (χ3n) is 3.25. The number of anilines is 1. The summed E-state index contributed by atoms with van der Waals surface area (Å²) >= 11 is 3.47. The summed E-state index contributed by atoms with van der Waals surface area (Å²) in [6.07, 6.45) is 9.12. The topological polar surface area (TPSA) is 69.6 Å². The summed E-state index contributed by atoms with van der Waals surface area (Å²) in [4.78, 5) is 12.6. The molecule has 0 amide bonds. The molecule has 0 atom stereocenters. The number of aromatic nitrogens is 4. The van der Waals surface area contributed by atoms with Crippen LogP contribution in [0.25, 0.3) is 11.2 Å². The molecule has 104 valence electrons. The van der Waals surface area contributed by atoms with E-state index in [1.54, 1.807) is 0 Å². The van der Waals surface area contributed by atoms with Crippen LogP contribution in [0.5, 0.6) is 0 Å². The Morgan fingerprint density at radius 2 is 1.89 bits per heavy atom. The van der Waals surface area contributed by atoms with E-state index in [0.29, 0.717) is 11.3 Å². The molecule has 0 aliphatic rings. The molecular weight excluding hydrogens is 306 g/mol. The highest BCUT2D eigenvalue weighted by atomic mass is 79.9. The van der Waals surface area contributed by atoms with Crippen molar-refractivity contribution in [2.45, 2.75) is 52.0 Å². The van der Waals surface area contributed by atoms with Crippen molar-refractivity contribution < 1.29 is 0 Å². The first-order valence-electron chi connectivity index (χ1n) is 6.86.